The summed E-state index contributed by atoms with van der Waals surface area (Å²) in [6.45, 7) is 0. The molecule has 0 aliphatic carbocycles. The molecule has 4 heteroatoms. The van der Waals surface area contributed by atoms with Crippen LogP contribution in [-0.4, -0.2) is 19.0 Å². The smallest absolute Gasteiger partial charge is 0.363 e. The highest BCUT2D eigenvalue weighted by Crippen LogP contribution is 2.24. The zero-order chi connectivity index (χ0) is 18.6. The molecular formula is C23H17NO3. The second-order valence-corrected chi connectivity index (χ2v) is 6.01. The van der Waals surface area contributed by atoms with Crippen molar-refractivity contribution in [1.29, 1.82) is 0 Å². The van der Waals surface area contributed by atoms with Gasteiger partial charge in [-0.1, -0.05) is 60.7 Å². The van der Waals surface area contributed by atoms with Crippen LogP contribution in [0.15, 0.2) is 83.5 Å². The predicted molar refractivity (Wildman–Crippen MR) is 107 cm³/mol. The van der Waals surface area contributed by atoms with Gasteiger partial charge in [-0.2, -0.15) is 0 Å². The molecule has 3 aromatic carbocycles. The van der Waals surface area contributed by atoms with Crippen LogP contribution in [0.3, 0.4) is 0 Å². The molecular weight excluding hydrogens is 338 g/mol. The Morgan fingerprint density at radius 1 is 0.889 bits per heavy atom. The summed E-state index contributed by atoms with van der Waals surface area (Å²) in [6.07, 6.45) is 5.24. The number of rotatable bonds is 4. The number of benzene rings is 3. The van der Waals surface area contributed by atoms with Crippen molar-refractivity contribution >= 4 is 34.8 Å². The van der Waals surface area contributed by atoms with Gasteiger partial charge in [0, 0.05) is 11.6 Å². The summed E-state index contributed by atoms with van der Waals surface area (Å²) >= 11 is 0. The minimum Gasteiger partial charge on any atom is -0.496 e. The highest BCUT2D eigenvalue weighted by molar-refractivity contribution is 6.12. The number of fused-ring (bicyclic) bond motifs is 1. The molecule has 0 radical (unpaired) electrons. The second-order valence-electron chi connectivity index (χ2n) is 6.01. The largest absolute Gasteiger partial charge is 0.496 e. The molecule has 3 aromatic rings. The number of aliphatic imine (C=N–C) groups is 1. The molecule has 0 bridgehead atoms. The molecule has 0 N–H and O–H groups in total. The predicted octanol–water partition coefficient (Wildman–Crippen LogP) is 4.86. The monoisotopic (exact) mass is 355 g/mol. The number of hydrogen-bond acceptors (Lipinski definition) is 4. The SMILES string of the molecule is COc1ccccc1/C=C\C1=NC(=C/c2cccc3ccccc23)/C(=O)O1. The zero-order valence-corrected chi connectivity index (χ0v) is 14.8. The van der Waals surface area contributed by atoms with Crippen molar-refractivity contribution in [3.05, 3.63) is 89.6 Å². The first-order valence-electron chi connectivity index (χ1n) is 8.56. The summed E-state index contributed by atoms with van der Waals surface area (Å²) in [6, 6.07) is 21.6. The lowest BCUT2D eigenvalue weighted by molar-refractivity contribution is -0.129. The lowest BCUT2D eigenvalue weighted by Gasteiger charge is -2.02. The van der Waals surface area contributed by atoms with Crippen LogP contribution in [0.5, 0.6) is 5.75 Å². The third-order valence-electron chi connectivity index (χ3n) is 4.30. The van der Waals surface area contributed by atoms with Crippen LogP contribution in [0, 0.1) is 0 Å². The van der Waals surface area contributed by atoms with Gasteiger partial charge in [0.15, 0.2) is 5.70 Å². The van der Waals surface area contributed by atoms with E-state index in [0.717, 1.165) is 27.6 Å². The Bertz CT molecular complexity index is 1100. The molecule has 0 spiro atoms. The van der Waals surface area contributed by atoms with Crippen molar-refractivity contribution in [2.75, 3.05) is 7.11 Å². The Labute approximate surface area is 157 Å². The van der Waals surface area contributed by atoms with E-state index in [2.05, 4.69) is 4.99 Å². The zero-order valence-electron chi connectivity index (χ0n) is 14.8. The highest BCUT2D eigenvalue weighted by Gasteiger charge is 2.21. The lowest BCUT2D eigenvalue weighted by atomic mass is 10.0. The minimum absolute atomic E-state index is 0.261. The van der Waals surface area contributed by atoms with Crippen LogP contribution in [0.4, 0.5) is 0 Å². The molecule has 0 unspecified atom stereocenters. The van der Waals surface area contributed by atoms with Crippen LogP contribution in [0.1, 0.15) is 11.1 Å². The number of para-hydroxylation sites is 1. The molecule has 27 heavy (non-hydrogen) atoms. The first-order chi connectivity index (χ1) is 13.2. The van der Waals surface area contributed by atoms with Gasteiger partial charge in [0.05, 0.1) is 7.11 Å². The van der Waals surface area contributed by atoms with E-state index in [1.54, 1.807) is 19.3 Å². The summed E-state index contributed by atoms with van der Waals surface area (Å²) in [5.74, 6) is 0.546. The number of methoxy groups -OCH3 is 1. The number of carbonyl (C=O) groups excluding carboxylic acids is 1. The molecule has 0 fully saturated rings. The molecule has 1 heterocycles. The Balaban J connectivity index is 1.65. The second kappa shape index (κ2) is 7.30. The molecule has 0 aromatic heterocycles. The molecule has 4 nitrogen and oxygen atoms in total. The molecule has 0 saturated carbocycles. The average molecular weight is 355 g/mol. The van der Waals surface area contributed by atoms with E-state index in [4.69, 9.17) is 9.47 Å². The molecule has 1 aliphatic rings. The van der Waals surface area contributed by atoms with Crippen molar-refractivity contribution in [1.82, 2.24) is 0 Å². The summed E-state index contributed by atoms with van der Waals surface area (Å²) < 4.78 is 10.6. The van der Waals surface area contributed by atoms with E-state index in [0.29, 0.717) is 0 Å². The van der Waals surface area contributed by atoms with E-state index in [9.17, 15) is 4.79 Å². The quantitative estimate of drug-likeness (QED) is 0.496. The van der Waals surface area contributed by atoms with Gasteiger partial charge >= 0.3 is 5.97 Å². The van der Waals surface area contributed by atoms with Gasteiger partial charge in [-0.25, -0.2) is 9.79 Å². The maximum absolute atomic E-state index is 12.2. The molecule has 132 valence electrons. The van der Waals surface area contributed by atoms with E-state index in [1.807, 2.05) is 72.8 Å². The van der Waals surface area contributed by atoms with Crippen LogP contribution >= 0.6 is 0 Å². The fourth-order valence-electron chi connectivity index (χ4n) is 2.99. The summed E-state index contributed by atoms with van der Waals surface area (Å²) in [5, 5.41) is 2.17. The number of ether oxygens (including phenoxy) is 2. The van der Waals surface area contributed by atoms with Crippen LogP contribution < -0.4 is 4.74 Å². The number of carbonyl (C=O) groups is 1. The molecule has 4 rings (SSSR count). The Morgan fingerprint density at radius 2 is 1.63 bits per heavy atom. The molecule has 0 saturated heterocycles. The third kappa shape index (κ3) is 3.51. The summed E-state index contributed by atoms with van der Waals surface area (Å²) in [5.41, 5.74) is 2.09. The number of hydrogen-bond donors (Lipinski definition) is 0. The Morgan fingerprint density at radius 3 is 2.52 bits per heavy atom. The van der Waals surface area contributed by atoms with Gasteiger partial charge in [-0.15, -0.1) is 0 Å². The van der Waals surface area contributed by atoms with Crippen molar-refractivity contribution in [2.24, 2.45) is 4.99 Å². The van der Waals surface area contributed by atoms with E-state index >= 15 is 0 Å². The third-order valence-corrected chi connectivity index (χ3v) is 4.30. The minimum atomic E-state index is -0.456. The fraction of sp³-hybridized carbons (Fsp3) is 0.0435. The van der Waals surface area contributed by atoms with Gasteiger partial charge < -0.3 is 9.47 Å². The first kappa shape index (κ1) is 16.8. The number of nitrogens with zero attached hydrogens (tertiary/aromatic N) is 1. The first-order valence-corrected chi connectivity index (χ1v) is 8.56. The summed E-state index contributed by atoms with van der Waals surface area (Å²) in [7, 11) is 1.62. The van der Waals surface area contributed by atoms with E-state index in [1.165, 1.54) is 0 Å². The van der Waals surface area contributed by atoms with Crippen molar-refractivity contribution in [3.8, 4) is 5.75 Å². The molecule has 0 amide bonds. The van der Waals surface area contributed by atoms with Crippen LogP contribution in [0.2, 0.25) is 0 Å². The van der Waals surface area contributed by atoms with Gasteiger partial charge in [-0.3, -0.25) is 0 Å². The standard InChI is InChI=1S/C23H17NO3/c1-26-21-12-5-3-8-17(21)13-14-22-24-20(23(25)27-22)15-18-10-6-9-16-7-2-4-11-19(16)18/h2-15H,1H3/b14-13-,20-15+. The topological polar surface area (TPSA) is 47.9 Å². The highest BCUT2D eigenvalue weighted by atomic mass is 16.6. The van der Waals surface area contributed by atoms with Crippen molar-refractivity contribution < 1.29 is 14.3 Å². The average Bonchev–Trinajstić information content (AvgIpc) is 3.06. The van der Waals surface area contributed by atoms with Gasteiger partial charge in [-0.05, 0) is 34.6 Å². The van der Waals surface area contributed by atoms with Gasteiger partial charge in [0.1, 0.15) is 5.75 Å². The Kier molecular flexibility index (Phi) is 4.54. The van der Waals surface area contributed by atoms with Gasteiger partial charge in [0.2, 0.25) is 5.90 Å². The number of cyclic esters (lactones) is 1. The van der Waals surface area contributed by atoms with Crippen LogP contribution in [0.25, 0.3) is 22.9 Å². The Hall–Kier alpha value is -3.66. The van der Waals surface area contributed by atoms with Gasteiger partial charge in [0.25, 0.3) is 0 Å². The van der Waals surface area contributed by atoms with Crippen LogP contribution in [-0.2, 0) is 9.53 Å². The maximum Gasteiger partial charge on any atom is 0.363 e. The molecule has 1 aliphatic heterocycles. The maximum atomic E-state index is 12.2. The normalized spacial score (nSPS) is 15.4. The lowest BCUT2D eigenvalue weighted by Crippen LogP contribution is -2.01. The number of esters is 1. The van der Waals surface area contributed by atoms with Crippen molar-refractivity contribution in [3.63, 3.8) is 0 Å². The van der Waals surface area contributed by atoms with E-state index in [-0.39, 0.29) is 11.6 Å². The van der Waals surface area contributed by atoms with E-state index < -0.39 is 5.97 Å². The van der Waals surface area contributed by atoms with Crippen molar-refractivity contribution in [2.45, 2.75) is 0 Å². The fourth-order valence-corrected chi connectivity index (χ4v) is 2.99. The summed E-state index contributed by atoms with van der Waals surface area (Å²) in [4.78, 5) is 16.5. The molecule has 0 atom stereocenters.